The van der Waals surface area contributed by atoms with Gasteiger partial charge in [-0.3, -0.25) is 4.79 Å². The summed E-state index contributed by atoms with van der Waals surface area (Å²) in [5.41, 5.74) is 2.21. The summed E-state index contributed by atoms with van der Waals surface area (Å²) in [6.45, 7) is 2.80. The Bertz CT molecular complexity index is 938. The van der Waals surface area contributed by atoms with Crippen molar-refractivity contribution >= 4 is 5.97 Å². The van der Waals surface area contributed by atoms with E-state index in [1.165, 1.54) is 44.2 Å². The second-order valence-corrected chi connectivity index (χ2v) is 9.61. The first-order valence-corrected chi connectivity index (χ1v) is 12.5. The fraction of sp³-hybridized carbons (Fsp3) is 0.536. The maximum absolute atomic E-state index is 13.2. The molecule has 1 N–H and O–H groups in total. The fourth-order valence-corrected chi connectivity index (χ4v) is 5.32. The molecule has 0 radical (unpaired) electrons. The van der Waals surface area contributed by atoms with Crippen LogP contribution >= 0.6 is 0 Å². The number of aliphatic hydroxyl groups excluding tert-OH is 1. The Kier molecular flexibility index (Phi) is 8.44. The molecule has 1 heterocycles. The van der Waals surface area contributed by atoms with E-state index in [2.05, 4.69) is 12.1 Å². The number of ether oxygens (including phenoxy) is 3. The van der Waals surface area contributed by atoms with E-state index in [-0.39, 0.29) is 30.7 Å². The van der Waals surface area contributed by atoms with Crippen molar-refractivity contribution in [2.75, 3.05) is 13.2 Å². The molecule has 1 saturated carbocycles. The molecular formula is C28H35FO5. The maximum atomic E-state index is 13.2. The Balaban J connectivity index is 1.49. The highest BCUT2D eigenvalue weighted by Gasteiger charge is 2.30. The van der Waals surface area contributed by atoms with Crippen LogP contribution in [0.2, 0.25) is 0 Å². The van der Waals surface area contributed by atoms with Gasteiger partial charge in [-0.15, -0.1) is 0 Å². The molecule has 4 rings (SSSR count). The summed E-state index contributed by atoms with van der Waals surface area (Å²) in [6.07, 6.45) is 6.26. The van der Waals surface area contributed by atoms with E-state index < -0.39 is 12.2 Å². The van der Waals surface area contributed by atoms with E-state index >= 15 is 0 Å². The number of benzene rings is 2. The first kappa shape index (κ1) is 24.5. The van der Waals surface area contributed by atoms with E-state index in [1.807, 2.05) is 13.0 Å². The minimum atomic E-state index is -0.676. The zero-order chi connectivity index (χ0) is 23.9. The molecule has 5 nitrogen and oxygen atoms in total. The van der Waals surface area contributed by atoms with Crippen LogP contribution < -0.4 is 9.47 Å². The standard InChI is InChI=1S/C28H35FO5/c1-19-6-5-9-26(28(19)33-18-24-16-22(30)17-27(31)34-24)25(20-7-3-2-4-8-20)14-15-32-23-12-10-21(29)11-13-23/h5-6,9-13,20,22,24-25,30H,2-4,7-8,14-18H2,1H3/t22-,24+,25?/m1/s1. The van der Waals surface area contributed by atoms with Gasteiger partial charge in [-0.05, 0) is 73.4 Å². The van der Waals surface area contributed by atoms with Crippen molar-refractivity contribution in [1.29, 1.82) is 0 Å². The van der Waals surface area contributed by atoms with Crippen LogP contribution in [-0.4, -0.2) is 36.5 Å². The molecule has 0 bridgehead atoms. The number of para-hydroxylation sites is 1. The van der Waals surface area contributed by atoms with Crippen LogP contribution in [0.25, 0.3) is 0 Å². The predicted octanol–water partition coefficient (Wildman–Crippen LogP) is 5.71. The number of hydrogen-bond acceptors (Lipinski definition) is 5. The number of halogens is 1. The first-order chi connectivity index (χ1) is 16.5. The van der Waals surface area contributed by atoms with Gasteiger partial charge in [0, 0.05) is 6.42 Å². The Labute approximate surface area is 201 Å². The first-order valence-electron chi connectivity index (χ1n) is 12.5. The van der Waals surface area contributed by atoms with Gasteiger partial charge in [0.25, 0.3) is 0 Å². The molecule has 2 fully saturated rings. The molecule has 1 aliphatic heterocycles. The number of carbonyl (C=O) groups is 1. The molecule has 6 heteroatoms. The number of cyclic esters (lactones) is 1. The molecule has 1 aliphatic carbocycles. The average Bonchev–Trinajstić information content (AvgIpc) is 2.82. The number of esters is 1. The van der Waals surface area contributed by atoms with Gasteiger partial charge in [-0.1, -0.05) is 37.5 Å². The SMILES string of the molecule is Cc1cccc(C(CCOc2ccc(F)cc2)C2CCCCC2)c1OC[C@@H]1C[C@@H](O)CC(=O)O1. The lowest BCUT2D eigenvalue weighted by atomic mass is 9.75. The normalized spacial score (nSPS) is 22.1. The summed E-state index contributed by atoms with van der Waals surface area (Å²) >= 11 is 0. The minimum Gasteiger partial charge on any atom is -0.494 e. The van der Waals surface area contributed by atoms with Crippen LogP contribution in [0.1, 0.15) is 68.4 Å². The summed E-state index contributed by atoms with van der Waals surface area (Å²) in [7, 11) is 0. The lowest BCUT2D eigenvalue weighted by Gasteiger charge is -2.33. The van der Waals surface area contributed by atoms with Gasteiger partial charge in [0.1, 0.15) is 30.0 Å². The largest absolute Gasteiger partial charge is 0.494 e. The van der Waals surface area contributed by atoms with Crippen LogP contribution in [0, 0.1) is 18.7 Å². The van der Waals surface area contributed by atoms with Crippen molar-refractivity contribution in [3.8, 4) is 11.5 Å². The lowest BCUT2D eigenvalue weighted by Crippen LogP contribution is -2.36. The molecule has 2 aromatic carbocycles. The molecule has 0 amide bonds. The van der Waals surface area contributed by atoms with Gasteiger partial charge in [-0.25, -0.2) is 4.39 Å². The summed E-state index contributed by atoms with van der Waals surface area (Å²) in [5.74, 6) is 1.68. The van der Waals surface area contributed by atoms with E-state index in [1.54, 1.807) is 12.1 Å². The third-order valence-corrected chi connectivity index (χ3v) is 7.02. The van der Waals surface area contributed by atoms with Crippen LogP contribution in [0.4, 0.5) is 4.39 Å². The summed E-state index contributed by atoms with van der Waals surface area (Å²) in [5, 5.41) is 9.93. The molecule has 1 unspecified atom stereocenters. The molecule has 2 aromatic rings. The van der Waals surface area contributed by atoms with Crippen molar-refractivity contribution in [2.24, 2.45) is 5.92 Å². The third-order valence-electron chi connectivity index (χ3n) is 7.02. The molecular weight excluding hydrogens is 435 g/mol. The van der Waals surface area contributed by atoms with E-state index in [9.17, 15) is 14.3 Å². The minimum absolute atomic E-state index is 0.0456. The van der Waals surface area contributed by atoms with E-state index in [0.29, 0.717) is 24.7 Å². The molecule has 0 spiro atoms. The summed E-state index contributed by atoms with van der Waals surface area (Å²) in [6, 6.07) is 12.4. The zero-order valence-electron chi connectivity index (χ0n) is 19.9. The fourth-order valence-electron chi connectivity index (χ4n) is 5.32. The van der Waals surface area contributed by atoms with Gasteiger partial charge < -0.3 is 19.3 Å². The molecule has 0 aromatic heterocycles. The van der Waals surface area contributed by atoms with Crippen molar-refractivity contribution in [1.82, 2.24) is 0 Å². The van der Waals surface area contributed by atoms with Gasteiger partial charge in [0.15, 0.2) is 0 Å². The van der Waals surface area contributed by atoms with E-state index in [0.717, 1.165) is 23.3 Å². The monoisotopic (exact) mass is 470 g/mol. The highest BCUT2D eigenvalue weighted by atomic mass is 19.1. The number of rotatable bonds is 9. The Morgan fingerprint density at radius 3 is 2.59 bits per heavy atom. The summed E-state index contributed by atoms with van der Waals surface area (Å²) in [4.78, 5) is 11.7. The molecule has 184 valence electrons. The molecule has 34 heavy (non-hydrogen) atoms. The number of aryl methyl sites for hydroxylation is 1. The van der Waals surface area contributed by atoms with Crippen molar-refractivity contribution in [3.05, 3.63) is 59.4 Å². The molecule has 2 aliphatic rings. The average molecular weight is 471 g/mol. The van der Waals surface area contributed by atoms with Gasteiger partial charge >= 0.3 is 5.97 Å². The van der Waals surface area contributed by atoms with Crippen LogP contribution in [0.5, 0.6) is 11.5 Å². The third kappa shape index (κ3) is 6.50. The maximum Gasteiger partial charge on any atom is 0.308 e. The smallest absolute Gasteiger partial charge is 0.308 e. The number of hydrogen-bond donors (Lipinski definition) is 1. The highest BCUT2D eigenvalue weighted by molar-refractivity contribution is 5.71. The highest BCUT2D eigenvalue weighted by Crippen LogP contribution is 2.42. The zero-order valence-corrected chi connectivity index (χ0v) is 19.9. The second kappa shape index (κ2) is 11.7. The van der Waals surface area contributed by atoms with Crippen molar-refractivity contribution in [3.63, 3.8) is 0 Å². The topological polar surface area (TPSA) is 65.0 Å². The van der Waals surface area contributed by atoms with Gasteiger partial charge in [-0.2, -0.15) is 0 Å². The summed E-state index contributed by atoms with van der Waals surface area (Å²) < 4.78 is 30.9. The van der Waals surface area contributed by atoms with Crippen LogP contribution in [0.15, 0.2) is 42.5 Å². The molecule has 1 saturated heterocycles. The Morgan fingerprint density at radius 2 is 1.85 bits per heavy atom. The van der Waals surface area contributed by atoms with Gasteiger partial charge in [0.2, 0.25) is 0 Å². The lowest BCUT2D eigenvalue weighted by molar-refractivity contribution is -0.162. The van der Waals surface area contributed by atoms with Gasteiger partial charge in [0.05, 0.1) is 19.1 Å². The van der Waals surface area contributed by atoms with Crippen molar-refractivity contribution in [2.45, 2.75) is 76.4 Å². The van der Waals surface area contributed by atoms with E-state index in [4.69, 9.17) is 14.2 Å². The Hall–Kier alpha value is -2.60. The quantitative estimate of drug-likeness (QED) is 0.476. The number of aliphatic hydroxyl groups is 1. The second-order valence-electron chi connectivity index (χ2n) is 9.61. The Morgan fingerprint density at radius 1 is 1.09 bits per heavy atom. The predicted molar refractivity (Wildman–Crippen MR) is 128 cm³/mol. The number of carbonyl (C=O) groups excluding carboxylic acids is 1. The van der Waals surface area contributed by atoms with Crippen LogP contribution in [-0.2, 0) is 9.53 Å². The molecule has 3 atom stereocenters. The van der Waals surface area contributed by atoms with Crippen LogP contribution in [0.3, 0.4) is 0 Å². The van der Waals surface area contributed by atoms with Crippen molar-refractivity contribution < 1.29 is 28.5 Å².